The number of benzene rings is 2. The Hall–Kier alpha value is -2.75. The second-order valence-corrected chi connectivity index (χ2v) is 4.77. The van der Waals surface area contributed by atoms with E-state index in [-0.39, 0.29) is 11.6 Å². The minimum atomic E-state index is -0.833. The van der Waals surface area contributed by atoms with Crippen LogP contribution in [0.1, 0.15) is 44.3 Å². The predicted octanol–water partition coefficient (Wildman–Crippen LogP) is 2.86. The average molecular weight is 282 g/mol. The lowest BCUT2D eigenvalue weighted by molar-refractivity contribution is -0.134. The highest BCUT2D eigenvalue weighted by Gasteiger charge is 2.28. The van der Waals surface area contributed by atoms with Gasteiger partial charge in [0.2, 0.25) is 0 Å². The van der Waals surface area contributed by atoms with Crippen molar-refractivity contribution >= 4 is 17.5 Å². The number of hydrogen-bond acceptors (Lipinski definition) is 3. The van der Waals surface area contributed by atoms with Crippen molar-refractivity contribution in [1.29, 1.82) is 0 Å². The SMILES string of the molecule is CC(=O)O.Cc1ccc2c(c1)C(=O)c1ccccc1C2=O. The Morgan fingerprint density at radius 2 is 1.29 bits per heavy atom. The van der Waals surface area contributed by atoms with Gasteiger partial charge in [0.1, 0.15) is 0 Å². The highest BCUT2D eigenvalue weighted by atomic mass is 16.4. The highest BCUT2D eigenvalue weighted by molar-refractivity contribution is 6.28. The maximum absolute atomic E-state index is 12.3. The Labute approximate surface area is 122 Å². The molecule has 0 spiro atoms. The van der Waals surface area contributed by atoms with Crippen molar-refractivity contribution in [3.8, 4) is 0 Å². The molecule has 106 valence electrons. The van der Waals surface area contributed by atoms with Gasteiger partial charge in [-0.15, -0.1) is 0 Å². The quantitative estimate of drug-likeness (QED) is 0.688. The smallest absolute Gasteiger partial charge is 0.300 e. The van der Waals surface area contributed by atoms with E-state index in [9.17, 15) is 9.59 Å². The summed E-state index contributed by atoms with van der Waals surface area (Å²) < 4.78 is 0. The van der Waals surface area contributed by atoms with Crippen LogP contribution in [0.4, 0.5) is 0 Å². The predicted molar refractivity (Wildman–Crippen MR) is 77.8 cm³/mol. The summed E-state index contributed by atoms with van der Waals surface area (Å²) in [5.41, 5.74) is 3.04. The molecule has 21 heavy (non-hydrogen) atoms. The van der Waals surface area contributed by atoms with Crippen LogP contribution >= 0.6 is 0 Å². The van der Waals surface area contributed by atoms with Gasteiger partial charge in [-0.2, -0.15) is 0 Å². The Morgan fingerprint density at radius 1 is 0.857 bits per heavy atom. The maximum Gasteiger partial charge on any atom is 0.300 e. The lowest BCUT2D eigenvalue weighted by atomic mass is 9.83. The van der Waals surface area contributed by atoms with E-state index >= 15 is 0 Å². The van der Waals surface area contributed by atoms with E-state index in [1.54, 1.807) is 36.4 Å². The molecule has 0 saturated carbocycles. The monoisotopic (exact) mass is 282 g/mol. The molecule has 1 N–H and O–H groups in total. The van der Waals surface area contributed by atoms with Gasteiger partial charge in [-0.25, -0.2) is 0 Å². The molecule has 2 aromatic carbocycles. The molecule has 0 bridgehead atoms. The van der Waals surface area contributed by atoms with Crippen LogP contribution in [0.2, 0.25) is 0 Å². The van der Waals surface area contributed by atoms with Crippen LogP contribution in [0.15, 0.2) is 42.5 Å². The van der Waals surface area contributed by atoms with E-state index in [0.29, 0.717) is 22.3 Å². The second kappa shape index (κ2) is 5.71. The number of carbonyl (C=O) groups excluding carboxylic acids is 2. The van der Waals surface area contributed by atoms with Crippen LogP contribution in [0.3, 0.4) is 0 Å². The summed E-state index contributed by atoms with van der Waals surface area (Å²) in [6.07, 6.45) is 0. The minimum Gasteiger partial charge on any atom is -0.481 e. The Balaban J connectivity index is 0.000000361. The zero-order valence-corrected chi connectivity index (χ0v) is 11.7. The molecule has 4 nitrogen and oxygen atoms in total. The molecular formula is C17H14O4. The molecule has 0 saturated heterocycles. The number of rotatable bonds is 0. The number of fused-ring (bicyclic) bond motifs is 2. The van der Waals surface area contributed by atoms with Gasteiger partial charge < -0.3 is 5.11 Å². The van der Waals surface area contributed by atoms with Crippen LogP contribution in [-0.2, 0) is 4.79 Å². The first-order chi connectivity index (χ1) is 9.91. The molecule has 0 unspecified atom stereocenters. The molecule has 0 fully saturated rings. The zero-order valence-electron chi connectivity index (χ0n) is 11.7. The molecule has 0 atom stereocenters. The van der Waals surface area contributed by atoms with Gasteiger partial charge in [-0.1, -0.05) is 42.0 Å². The summed E-state index contributed by atoms with van der Waals surface area (Å²) in [4.78, 5) is 33.5. The lowest BCUT2D eigenvalue weighted by Crippen LogP contribution is -2.20. The first kappa shape index (κ1) is 14.7. The third-order valence-electron chi connectivity index (χ3n) is 3.08. The molecule has 1 aliphatic carbocycles. The molecular weight excluding hydrogens is 268 g/mol. The van der Waals surface area contributed by atoms with Crippen LogP contribution in [0, 0.1) is 6.92 Å². The van der Waals surface area contributed by atoms with Gasteiger partial charge in [0.15, 0.2) is 11.6 Å². The Bertz CT molecular complexity index is 740. The summed E-state index contributed by atoms with van der Waals surface area (Å²) in [7, 11) is 0. The third-order valence-corrected chi connectivity index (χ3v) is 3.08. The summed E-state index contributed by atoms with van der Waals surface area (Å²) in [6, 6.07) is 12.4. The van der Waals surface area contributed by atoms with Crippen LogP contribution in [0.5, 0.6) is 0 Å². The van der Waals surface area contributed by atoms with Gasteiger partial charge in [-0.05, 0) is 13.0 Å². The fourth-order valence-corrected chi connectivity index (χ4v) is 2.21. The van der Waals surface area contributed by atoms with E-state index in [1.807, 2.05) is 13.0 Å². The van der Waals surface area contributed by atoms with E-state index in [0.717, 1.165) is 12.5 Å². The number of ketones is 2. The second-order valence-electron chi connectivity index (χ2n) is 4.77. The number of hydrogen-bond donors (Lipinski definition) is 1. The molecule has 4 heteroatoms. The molecule has 1 aliphatic rings. The number of carboxylic acid groups (broad SMARTS) is 1. The van der Waals surface area contributed by atoms with Gasteiger partial charge in [0.25, 0.3) is 5.97 Å². The van der Waals surface area contributed by atoms with E-state index < -0.39 is 5.97 Å². The Morgan fingerprint density at radius 3 is 1.81 bits per heavy atom. The van der Waals surface area contributed by atoms with Crippen LogP contribution < -0.4 is 0 Å². The fourth-order valence-electron chi connectivity index (χ4n) is 2.21. The zero-order chi connectivity index (χ0) is 15.6. The molecule has 0 radical (unpaired) electrons. The molecule has 0 aliphatic heterocycles. The van der Waals surface area contributed by atoms with Crippen molar-refractivity contribution in [2.24, 2.45) is 0 Å². The molecule has 0 heterocycles. The van der Waals surface area contributed by atoms with Crippen molar-refractivity contribution < 1.29 is 19.5 Å². The topological polar surface area (TPSA) is 71.4 Å². The van der Waals surface area contributed by atoms with Crippen molar-refractivity contribution in [3.05, 3.63) is 70.3 Å². The summed E-state index contributed by atoms with van der Waals surface area (Å²) >= 11 is 0. The van der Waals surface area contributed by atoms with Crippen LogP contribution in [0.25, 0.3) is 0 Å². The van der Waals surface area contributed by atoms with E-state index in [1.165, 1.54) is 0 Å². The van der Waals surface area contributed by atoms with Crippen molar-refractivity contribution in [3.63, 3.8) is 0 Å². The fraction of sp³-hybridized carbons (Fsp3) is 0.118. The van der Waals surface area contributed by atoms with Gasteiger partial charge in [0, 0.05) is 29.2 Å². The number of aryl methyl sites for hydroxylation is 1. The molecule has 0 amide bonds. The van der Waals surface area contributed by atoms with Crippen LogP contribution in [-0.4, -0.2) is 22.6 Å². The summed E-state index contributed by atoms with van der Waals surface area (Å²) in [5.74, 6) is -0.950. The molecule has 0 aromatic heterocycles. The largest absolute Gasteiger partial charge is 0.481 e. The third kappa shape index (κ3) is 2.89. The standard InChI is InChI=1S/C15H10O2.C2H4O2/c1-9-6-7-12-13(8-9)15(17)11-5-3-2-4-10(11)14(12)16;1-2(3)4/h2-8H,1H3;1H3,(H,3,4). The average Bonchev–Trinajstić information content (AvgIpc) is 2.44. The van der Waals surface area contributed by atoms with Gasteiger partial charge in [0.05, 0.1) is 0 Å². The van der Waals surface area contributed by atoms with Crippen molar-refractivity contribution in [2.45, 2.75) is 13.8 Å². The number of aliphatic carboxylic acids is 1. The minimum absolute atomic E-state index is 0.0566. The van der Waals surface area contributed by atoms with E-state index in [2.05, 4.69) is 0 Å². The van der Waals surface area contributed by atoms with Gasteiger partial charge >= 0.3 is 0 Å². The van der Waals surface area contributed by atoms with E-state index in [4.69, 9.17) is 9.90 Å². The van der Waals surface area contributed by atoms with Gasteiger partial charge in [-0.3, -0.25) is 14.4 Å². The molecule has 2 aromatic rings. The summed E-state index contributed by atoms with van der Waals surface area (Å²) in [6.45, 7) is 3.00. The maximum atomic E-state index is 12.3. The number of carboxylic acids is 1. The number of carbonyl (C=O) groups is 3. The first-order valence-electron chi connectivity index (χ1n) is 6.40. The van der Waals surface area contributed by atoms with Crippen molar-refractivity contribution in [1.82, 2.24) is 0 Å². The normalized spacial score (nSPS) is 11.9. The summed E-state index contributed by atoms with van der Waals surface area (Å²) in [5, 5.41) is 7.42. The lowest BCUT2D eigenvalue weighted by Gasteiger charge is -2.17. The molecule has 3 rings (SSSR count). The Kier molecular flexibility index (Phi) is 3.98. The highest BCUT2D eigenvalue weighted by Crippen LogP contribution is 2.27. The first-order valence-corrected chi connectivity index (χ1v) is 6.40. The van der Waals surface area contributed by atoms with Crippen molar-refractivity contribution in [2.75, 3.05) is 0 Å².